The molecule has 0 aromatic carbocycles. The number of aromatic nitrogens is 2. The lowest BCUT2D eigenvalue weighted by Gasteiger charge is -2.27. The van der Waals surface area contributed by atoms with Crippen LogP contribution in [0.3, 0.4) is 0 Å². The summed E-state index contributed by atoms with van der Waals surface area (Å²) in [6.07, 6.45) is 2.83. The van der Waals surface area contributed by atoms with E-state index in [9.17, 15) is 5.11 Å². The van der Waals surface area contributed by atoms with E-state index in [0.717, 1.165) is 37.6 Å². The highest BCUT2D eigenvalue weighted by Gasteiger charge is 2.20. The Morgan fingerprint density at radius 2 is 2.36 bits per heavy atom. The van der Waals surface area contributed by atoms with Crippen molar-refractivity contribution in [2.24, 2.45) is 0 Å². The number of rotatable bonds is 5. The van der Waals surface area contributed by atoms with E-state index in [2.05, 4.69) is 16.9 Å². The maximum atomic E-state index is 9.67. The summed E-state index contributed by atoms with van der Waals surface area (Å²) in [6.45, 7) is 5.15. The molecule has 1 unspecified atom stereocenters. The largest absolute Gasteiger partial charge is 0.465 e. The molecule has 3 rings (SSSR count). The fourth-order valence-electron chi connectivity index (χ4n) is 2.75. The number of aliphatic hydroxyl groups excluding tert-OH is 2. The molecule has 6 nitrogen and oxygen atoms in total. The third kappa shape index (κ3) is 3.30. The van der Waals surface area contributed by atoms with Crippen LogP contribution in [0.5, 0.6) is 0 Å². The van der Waals surface area contributed by atoms with Gasteiger partial charge in [-0.3, -0.25) is 9.58 Å². The van der Waals surface area contributed by atoms with E-state index < -0.39 is 6.10 Å². The van der Waals surface area contributed by atoms with Gasteiger partial charge in [-0.05, 0) is 31.2 Å². The zero-order chi connectivity index (χ0) is 15.5. The molecule has 2 aromatic rings. The van der Waals surface area contributed by atoms with Crippen LogP contribution in [0.2, 0.25) is 0 Å². The minimum atomic E-state index is -0.896. The number of aliphatic hydroxyl groups is 2. The van der Waals surface area contributed by atoms with Crippen molar-refractivity contribution in [1.82, 2.24) is 14.7 Å². The van der Waals surface area contributed by atoms with E-state index in [1.54, 1.807) is 6.26 Å². The highest BCUT2D eigenvalue weighted by molar-refractivity contribution is 5.46. The lowest BCUT2D eigenvalue weighted by molar-refractivity contribution is 0.0915. The minimum Gasteiger partial charge on any atom is -0.465 e. The molecular weight excluding hydrogens is 282 g/mol. The lowest BCUT2D eigenvalue weighted by atomic mass is 10.2. The van der Waals surface area contributed by atoms with Gasteiger partial charge in [-0.2, -0.15) is 5.10 Å². The van der Waals surface area contributed by atoms with E-state index >= 15 is 0 Å². The Labute approximate surface area is 129 Å². The van der Waals surface area contributed by atoms with Gasteiger partial charge in [0.15, 0.2) is 0 Å². The quantitative estimate of drug-likeness (QED) is 0.874. The van der Waals surface area contributed by atoms with Crippen LogP contribution >= 0.6 is 0 Å². The molecule has 0 amide bonds. The minimum absolute atomic E-state index is 0.300. The van der Waals surface area contributed by atoms with E-state index in [-0.39, 0.29) is 6.61 Å². The summed E-state index contributed by atoms with van der Waals surface area (Å²) in [5, 5.41) is 23.0. The second-order valence-electron chi connectivity index (χ2n) is 5.70. The Morgan fingerprint density at radius 1 is 1.50 bits per heavy atom. The molecule has 0 radical (unpaired) electrons. The summed E-state index contributed by atoms with van der Waals surface area (Å²) in [5.74, 6) is 0.868. The first-order valence-electron chi connectivity index (χ1n) is 7.44. The van der Waals surface area contributed by atoms with Crippen LogP contribution in [-0.2, 0) is 13.1 Å². The highest BCUT2D eigenvalue weighted by Crippen LogP contribution is 2.19. The van der Waals surface area contributed by atoms with Crippen LogP contribution in [0.1, 0.15) is 30.2 Å². The molecule has 0 spiro atoms. The maximum absolute atomic E-state index is 9.67. The molecule has 1 aliphatic heterocycles. The van der Waals surface area contributed by atoms with Crippen LogP contribution in [0, 0.1) is 0 Å². The molecule has 0 saturated heterocycles. The molecule has 0 aliphatic carbocycles. The van der Waals surface area contributed by atoms with Gasteiger partial charge in [-0.1, -0.05) is 5.57 Å². The second-order valence-corrected chi connectivity index (χ2v) is 5.70. The molecule has 6 heteroatoms. The first kappa shape index (κ1) is 15.0. The van der Waals surface area contributed by atoms with Crippen LogP contribution < -0.4 is 0 Å². The zero-order valence-corrected chi connectivity index (χ0v) is 12.6. The molecule has 0 fully saturated rings. The molecule has 3 heterocycles. The predicted octanol–water partition coefficient (Wildman–Crippen LogP) is 1.42. The number of hydrogen-bond acceptors (Lipinski definition) is 5. The SMILES string of the molecule is CC(=Cc1ccco1)CN1CCn2nc(C(O)CO)cc2C1. The second kappa shape index (κ2) is 6.48. The molecule has 2 N–H and O–H groups in total. The number of nitrogens with zero attached hydrogens (tertiary/aromatic N) is 3. The Bertz CT molecular complexity index is 646. The van der Waals surface area contributed by atoms with Gasteiger partial charge in [0.05, 0.1) is 30.8 Å². The molecule has 22 heavy (non-hydrogen) atoms. The zero-order valence-electron chi connectivity index (χ0n) is 12.6. The summed E-state index contributed by atoms with van der Waals surface area (Å²) >= 11 is 0. The van der Waals surface area contributed by atoms with Gasteiger partial charge in [-0.25, -0.2) is 0 Å². The molecule has 1 atom stereocenters. The van der Waals surface area contributed by atoms with Crippen LogP contribution in [0.15, 0.2) is 34.5 Å². The van der Waals surface area contributed by atoms with Gasteiger partial charge in [0.25, 0.3) is 0 Å². The third-order valence-corrected chi connectivity index (χ3v) is 3.82. The van der Waals surface area contributed by atoms with Crippen molar-refractivity contribution in [1.29, 1.82) is 0 Å². The average molecular weight is 303 g/mol. The first-order chi connectivity index (χ1) is 10.7. The van der Waals surface area contributed by atoms with Crippen molar-refractivity contribution in [2.75, 3.05) is 19.7 Å². The monoisotopic (exact) mass is 303 g/mol. The Balaban J connectivity index is 1.65. The summed E-state index contributed by atoms with van der Waals surface area (Å²) in [4.78, 5) is 2.33. The van der Waals surface area contributed by atoms with Crippen molar-refractivity contribution in [3.63, 3.8) is 0 Å². The Kier molecular flexibility index (Phi) is 4.42. The van der Waals surface area contributed by atoms with Gasteiger partial charge in [0.1, 0.15) is 11.9 Å². The third-order valence-electron chi connectivity index (χ3n) is 3.82. The van der Waals surface area contributed by atoms with Crippen LogP contribution in [-0.4, -0.2) is 44.6 Å². The fraction of sp³-hybridized carbons (Fsp3) is 0.438. The van der Waals surface area contributed by atoms with Crippen molar-refractivity contribution in [3.05, 3.63) is 47.2 Å². The summed E-state index contributed by atoms with van der Waals surface area (Å²) in [7, 11) is 0. The van der Waals surface area contributed by atoms with Gasteiger partial charge in [-0.15, -0.1) is 0 Å². The smallest absolute Gasteiger partial charge is 0.126 e. The van der Waals surface area contributed by atoms with Crippen molar-refractivity contribution >= 4 is 6.08 Å². The molecular formula is C16H21N3O3. The fourth-order valence-corrected chi connectivity index (χ4v) is 2.75. The normalized spacial score (nSPS) is 17.5. The summed E-state index contributed by atoms with van der Waals surface area (Å²) in [5.41, 5.74) is 2.85. The highest BCUT2D eigenvalue weighted by atomic mass is 16.3. The topological polar surface area (TPSA) is 74.7 Å². The predicted molar refractivity (Wildman–Crippen MR) is 81.9 cm³/mol. The molecule has 1 aliphatic rings. The molecule has 0 bridgehead atoms. The Hall–Kier alpha value is -1.89. The van der Waals surface area contributed by atoms with E-state index in [1.807, 2.05) is 29.0 Å². The van der Waals surface area contributed by atoms with Crippen LogP contribution in [0.4, 0.5) is 0 Å². The van der Waals surface area contributed by atoms with E-state index in [4.69, 9.17) is 9.52 Å². The van der Waals surface area contributed by atoms with E-state index in [1.165, 1.54) is 5.57 Å². The first-order valence-corrected chi connectivity index (χ1v) is 7.44. The van der Waals surface area contributed by atoms with Gasteiger partial charge in [0, 0.05) is 19.6 Å². The Morgan fingerprint density at radius 3 is 3.09 bits per heavy atom. The summed E-state index contributed by atoms with van der Waals surface area (Å²) in [6, 6.07) is 5.70. The maximum Gasteiger partial charge on any atom is 0.126 e. The van der Waals surface area contributed by atoms with Gasteiger partial charge < -0.3 is 14.6 Å². The van der Waals surface area contributed by atoms with Gasteiger partial charge >= 0.3 is 0 Å². The number of fused-ring (bicyclic) bond motifs is 1. The molecule has 118 valence electrons. The number of furan rings is 1. The summed E-state index contributed by atoms with van der Waals surface area (Å²) < 4.78 is 7.24. The number of hydrogen-bond donors (Lipinski definition) is 2. The van der Waals surface area contributed by atoms with Crippen molar-refractivity contribution in [3.8, 4) is 0 Å². The standard InChI is InChI=1S/C16H21N3O3/c1-12(7-14-3-2-6-22-14)9-18-4-5-19-13(10-18)8-15(17-19)16(21)11-20/h2-3,6-8,16,20-21H,4-5,9-11H2,1H3. The van der Waals surface area contributed by atoms with Crippen molar-refractivity contribution in [2.45, 2.75) is 26.1 Å². The lowest BCUT2D eigenvalue weighted by Crippen LogP contribution is -2.34. The van der Waals surface area contributed by atoms with Crippen molar-refractivity contribution < 1.29 is 14.6 Å². The molecule has 0 saturated carbocycles. The van der Waals surface area contributed by atoms with Gasteiger partial charge in [0.2, 0.25) is 0 Å². The average Bonchev–Trinajstić information content (AvgIpc) is 3.14. The molecule has 2 aromatic heterocycles. The van der Waals surface area contributed by atoms with Crippen LogP contribution in [0.25, 0.3) is 6.08 Å². The van der Waals surface area contributed by atoms with E-state index in [0.29, 0.717) is 5.69 Å².